The molecule has 0 aliphatic heterocycles. The van der Waals surface area contributed by atoms with Crippen molar-refractivity contribution in [2.24, 2.45) is 21.3 Å². The highest BCUT2D eigenvalue weighted by atomic mass is 35.5. The van der Waals surface area contributed by atoms with Crippen LogP contribution in [0.4, 0.5) is 0 Å². The number of rotatable bonds is 3. The van der Waals surface area contributed by atoms with Gasteiger partial charge in [-0.05, 0) is 31.6 Å². The number of nitrogens with zero attached hydrogens (tertiary/aromatic N) is 3. The predicted molar refractivity (Wildman–Crippen MR) is 72.5 cm³/mol. The van der Waals surface area contributed by atoms with Gasteiger partial charge in [-0.2, -0.15) is 15.3 Å². The lowest BCUT2D eigenvalue weighted by Crippen LogP contribution is -2.36. The summed E-state index contributed by atoms with van der Waals surface area (Å²) in [6.07, 6.45) is 8.00. The van der Waals surface area contributed by atoms with Crippen LogP contribution in [0.2, 0.25) is 0 Å². The van der Waals surface area contributed by atoms with Crippen LogP contribution in [-0.4, -0.2) is 23.5 Å². The molecule has 1 N–H and O–H groups in total. The summed E-state index contributed by atoms with van der Waals surface area (Å²) in [7, 11) is 0. The molecule has 0 heterocycles. The van der Waals surface area contributed by atoms with Gasteiger partial charge in [-0.15, -0.1) is 11.6 Å². The molecule has 18 heavy (non-hydrogen) atoms. The zero-order valence-corrected chi connectivity index (χ0v) is 11.8. The fraction of sp³-hybridized carbons (Fsp3) is 1.00. The van der Waals surface area contributed by atoms with Gasteiger partial charge < -0.3 is 0 Å². The fourth-order valence-electron chi connectivity index (χ4n) is 2.98. The number of hydrogen-bond acceptors (Lipinski definition) is 4. The van der Waals surface area contributed by atoms with E-state index in [0.717, 1.165) is 12.8 Å². The molecule has 2 aliphatic rings. The predicted octanol–water partition coefficient (Wildman–Crippen LogP) is 4.58. The molecule has 0 spiro atoms. The van der Waals surface area contributed by atoms with Crippen molar-refractivity contribution in [3.63, 3.8) is 0 Å². The van der Waals surface area contributed by atoms with E-state index in [1.165, 1.54) is 32.1 Å². The number of alkyl halides is 1. The third kappa shape index (κ3) is 3.50. The van der Waals surface area contributed by atoms with Gasteiger partial charge in [0.05, 0.1) is 23.5 Å². The number of halogens is 1. The average molecular weight is 271 g/mol. The van der Waals surface area contributed by atoms with E-state index in [2.05, 4.69) is 22.3 Å². The highest BCUT2D eigenvalue weighted by Crippen LogP contribution is 2.33. The van der Waals surface area contributed by atoms with Crippen molar-refractivity contribution < 1.29 is 0 Å². The van der Waals surface area contributed by atoms with E-state index < -0.39 is 0 Å². The summed E-state index contributed by atoms with van der Waals surface area (Å²) >= 11 is 6.25. The second-order valence-electron chi connectivity index (χ2n) is 5.75. The Morgan fingerprint density at radius 2 is 1.72 bits per heavy atom. The first-order valence-corrected chi connectivity index (χ1v) is 7.55. The van der Waals surface area contributed by atoms with Crippen molar-refractivity contribution >= 4 is 11.6 Å². The van der Waals surface area contributed by atoms with Gasteiger partial charge in [0, 0.05) is 0 Å². The van der Waals surface area contributed by atoms with Crippen LogP contribution >= 0.6 is 11.6 Å². The first-order chi connectivity index (χ1) is 8.70. The molecule has 0 saturated heterocycles. The van der Waals surface area contributed by atoms with Gasteiger partial charge in [-0.25, -0.2) is 5.53 Å². The number of hydrogen-bond donors (Lipinski definition) is 1. The Bertz CT molecular complexity index is 301. The topological polar surface area (TPSA) is 60.9 Å². The molecule has 2 rings (SSSR count). The van der Waals surface area contributed by atoms with Crippen molar-refractivity contribution in [1.82, 2.24) is 0 Å². The van der Waals surface area contributed by atoms with Crippen LogP contribution in [-0.2, 0) is 0 Å². The van der Waals surface area contributed by atoms with Crippen LogP contribution in [0.3, 0.4) is 0 Å². The Balaban J connectivity index is 1.88. The molecule has 2 aliphatic carbocycles. The van der Waals surface area contributed by atoms with Crippen LogP contribution in [0.15, 0.2) is 15.3 Å². The maximum atomic E-state index is 7.13. The van der Waals surface area contributed by atoms with Gasteiger partial charge in [-0.1, -0.05) is 26.2 Å². The van der Waals surface area contributed by atoms with Gasteiger partial charge in [0.1, 0.15) is 0 Å². The van der Waals surface area contributed by atoms with Crippen LogP contribution < -0.4 is 0 Å². The fourth-order valence-corrected chi connectivity index (χ4v) is 3.32. The molecule has 2 fully saturated rings. The molecule has 102 valence electrons. The number of nitrogens with one attached hydrogen (secondary N) is 1. The average Bonchev–Trinajstić information content (AvgIpc) is 2.40. The maximum Gasteiger partial charge on any atom is 0.0873 e. The summed E-state index contributed by atoms with van der Waals surface area (Å²) < 4.78 is 0. The lowest BCUT2D eigenvalue weighted by molar-refractivity contribution is 0.285. The van der Waals surface area contributed by atoms with Gasteiger partial charge in [0.15, 0.2) is 0 Å². The van der Waals surface area contributed by atoms with Crippen molar-refractivity contribution in [3.05, 3.63) is 0 Å². The minimum atomic E-state index is -0.0472. The summed E-state index contributed by atoms with van der Waals surface area (Å²) in [6, 6.07) is 0.647. The van der Waals surface area contributed by atoms with Crippen molar-refractivity contribution in [2.45, 2.75) is 75.4 Å². The molecular weight excluding hydrogens is 248 g/mol. The first kappa shape index (κ1) is 13.9. The molecule has 0 radical (unpaired) electrons. The van der Waals surface area contributed by atoms with E-state index in [1.54, 1.807) is 0 Å². The van der Waals surface area contributed by atoms with E-state index in [0.29, 0.717) is 12.0 Å². The molecule has 5 heteroatoms. The second-order valence-corrected chi connectivity index (χ2v) is 6.31. The summed E-state index contributed by atoms with van der Waals surface area (Å²) in [4.78, 5) is 0. The summed E-state index contributed by atoms with van der Waals surface area (Å²) in [6.45, 7) is 2.17. The minimum absolute atomic E-state index is 0.0252. The van der Waals surface area contributed by atoms with Gasteiger partial charge in [-0.3, -0.25) is 0 Å². The van der Waals surface area contributed by atoms with Crippen molar-refractivity contribution in [3.8, 4) is 0 Å². The normalized spacial score (nSPS) is 39.0. The van der Waals surface area contributed by atoms with Crippen LogP contribution in [0.1, 0.15) is 51.9 Å². The Morgan fingerprint density at radius 3 is 2.39 bits per heavy atom. The van der Waals surface area contributed by atoms with E-state index in [9.17, 15) is 0 Å². The second kappa shape index (κ2) is 6.60. The summed E-state index contributed by atoms with van der Waals surface area (Å²) in [5.74, 6) is 0.437. The number of azo groups is 1. The third-order valence-corrected chi connectivity index (χ3v) is 4.74. The quantitative estimate of drug-likeness (QED) is 0.577. The minimum Gasteiger partial charge on any atom is -0.210 e. The SMILES string of the molecule is CC1CC(N=N)C(Cl)CC1N=NC1CCCCC1. The molecule has 0 aromatic carbocycles. The summed E-state index contributed by atoms with van der Waals surface area (Å²) in [5, 5.41) is 12.6. The van der Waals surface area contributed by atoms with Gasteiger partial charge >= 0.3 is 0 Å². The maximum absolute atomic E-state index is 7.13. The van der Waals surface area contributed by atoms with Crippen molar-refractivity contribution in [1.29, 1.82) is 5.53 Å². The molecule has 2 saturated carbocycles. The molecule has 0 aromatic rings. The van der Waals surface area contributed by atoms with Gasteiger partial charge in [0.25, 0.3) is 0 Å². The zero-order valence-electron chi connectivity index (χ0n) is 11.1. The third-order valence-electron chi connectivity index (χ3n) is 4.27. The van der Waals surface area contributed by atoms with E-state index in [4.69, 9.17) is 17.1 Å². The molecule has 0 amide bonds. The molecule has 0 bridgehead atoms. The van der Waals surface area contributed by atoms with Crippen LogP contribution in [0.5, 0.6) is 0 Å². The Labute approximate surface area is 114 Å². The molecule has 4 unspecified atom stereocenters. The molecule has 4 nitrogen and oxygen atoms in total. The Morgan fingerprint density at radius 1 is 1.00 bits per heavy atom. The van der Waals surface area contributed by atoms with Crippen LogP contribution in [0.25, 0.3) is 0 Å². The van der Waals surface area contributed by atoms with E-state index >= 15 is 0 Å². The lowest BCUT2D eigenvalue weighted by Gasteiger charge is -2.32. The van der Waals surface area contributed by atoms with Crippen LogP contribution in [0, 0.1) is 11.4 Å². The highest BCUT2D eigenvalue weighted by Gasteiger charge is 2.34. The lowest BCUT2D eigenvalue weighted by atomic mass is 9.83. The molecular formula is C13H23ClN4. The van der Waals surface area contributed by atoms with Crippen molar-refractivity contribution in [2.75, 3.05) is 0 Å². The summed E-state index contributed by atoms with van der Waals surface area (Å²) in [5.41, 5.74) is 7.13. The highest BCUT2D eigenvalue weighted by molar-refractivity contribution is 6.21. The van der Waals surface area contributed by atoms with Gasteiger partial charge in [0.2, 0.25) is 0 Å². The first-order valence-electron chi connectivity index (χ1n) is 7.11. The smallest absolute Gasteiger partial charge is 0.0873 e. The Hall–Kier alpha value is -0.510. The van der Waals surface area contributed by atoms with E-state index in [-0.39, 0.29) is 17.5 Å². The van der Waals surface area contributed by atoms with E-state index in [1.807, 2.05) is 0 Å². The zero-order chi connectivity index (χ0) is 13.0. The molecule has 4 atom stereocenters. The Kier molecular flexibility index (Phi) is 5.10. The standard InChI is InChI=1S/C13H23ClN4/c1-9-7-13(16-15)11(14)8-12(9)18-17-10-5-3-2-4-6-10/h9-13,15H,2-8H2,1H3. The monoisotopic (exact) mass is 270 g/mol. The molecule has 0 aromatic heterocycles. The largest absolute Gasteiger partial charge is 0.210 e.